The van der Waals surface area contributed by atoms with E-state index in [2.05, 4.69) is 35.9 Å². The van der Waals surface area contributed by atoms with E-state index in [1.54, 1.807) is 18.0 Å². The van der Waals surface area contributed by atoms with E-state index in [0.29, 0.717) is 0 Å². The van der Waals surface area contributed by atoms with E-state index < -0.39 is 0 Å². The van der Waals surface area contributed by atoms with Gasteiger partial charge in [-0.3, -0.25) is 4.98 Å². The molecule has 19 heavy (non-hydrogen) atoms. The molecule has 2 heterocycles. The zero-order valence-electron chi connectivity index (χ0n) is 10.7. The molecule has 0 saturated carbocycles. The van der Waals surface area contributed by atoms with E-state index in [-0.39, 0.29) is 0 Å². The summed E-state index contributed by atoms with van der Waals surface area (Å²) in [5.74, 6) is 0. The number of hydrogen-bond acceptors (Lipinski definition) is 5. The van der Waals surface area contributed by atoms with Crippen LogP contribution in [0.25, 0.3) is 10.9 Å². The minimum Gasteiger partial charge on any atom is -0.389 e. The van der Waals surface area contributed by atoms with Gasteiger partial charge in [-0.25, -0.2) is 4.98 Å². The van der Waals surface area contributed by atoms with E-state index in [0.717, 1.165) is 14.9 Å². The van der Waals surface area contributed by atoms with Crippen molar-refractivity contribution in [3.05, 3.63) is 41.7 Å². The van der Waals surface area contributed by atoms with Gasteiger partial charge in [-0.05, 0) is 43.2 Å². The minimum atomic E-state index is 0.743. The van der Waals surface area contributed by atoms with Gasteiger partial charge in [-0.1, -0.05) is 23.1 Å². The van der Waals surface area contributed by atoms with Gasteiger partial charge in [0.1, 0.15) is 5.00 Å². The van der Waals surface area contributed by atoms with E-state index in [9.17, 15) is 0 Å². The van der Waals surface area contributed by atoms with Gasteiger partial charge in [0.05, 0.1) is 11.7 Å². The normalized spacial score (nSPS) is 11.1. The lowest BCUT2D eigenvalue weighted by Gasteiger charge is -2.07. The molecule has 5 heteroatoms. The van der Waals surface area contributed by atoms with E-state index in [1.165, 1.54) is 32.7 Å². The molecule has 3 nitrogen and oxygen atoms in total. The monoisotopic (exact) mass is 287 g/mol. The molecule has 0 radical (unpaired) electrons. The first kappa shape index (κ1) is 12.4. The number of aromatic nitrogens is 2. The Morgan fingerprint density at radius 3 is 2.68 bits per heavy atom. The molecule has 0 saturated heterocycles. The van der Waals surface area contributed by atoms with Crippen molar-refractivity contribution in [2.45, 2.75) is 23.1 Å². The number of fused-ring (bicyclic) bond motifs is 1. The summed E-state index contributed by atoms with van der Waals surface area (Å²) in [6, 6.07) is 6.35. The third-order valence-electron chi connectivity index (χ3n) is 3.02. The fourth-order valence-corrected chi connectivity index (χ4v) is 3.71. The van der Waals surface area contributed by atoms with Crippen LogP contribution in [0.2, 0.25) is 0 Å². The van der Waals surface area contributed by atoms with Gasteiger partial charge >= 0.3 is 0 Å². The Morgan fingerprint density at radius 1 is 1.16 bits per heavy atom. The van der Waals surface area contributed by atoms with Gasteiger partial charge in [0, 0.05) is 16.5 Å². The molecule has 2 aromatic heterocycles. The van der Waals surface area contributed by atoms with Gasteiger partial charge < -0.3 is 5.73 Å². The first-order valence-electron chi connectivity index (χ1n) is 5.88. The van der Waals surface area contributed by atoms with Crippen LogP contribution >= 0.6 is 23.1 Å². The summed E-state index contributed by atoms with van der Waals surface area (Å²) in [6.07, 6.45) is 3.54. The van der Waals surface area contributed by atoms with Gasteiger partial charge in [0.2, 0.25) is 0 Å². The molecule has 0 unspecified atom stereocenters. The molecule has 0 aliphatic rings. The lowest BCUT2D eigenvalue weighted by Crippen LogP contribution is -1.86. The number of thiazole rings is 1. The van der Waals surface area contributed by atoms with Gasteiger partial charge in [0.15, 0.2) is 4.34 Å². The molecule has 0 fully saturated rings. The average molecular weight is 287 g/mol. The summed E-state index contributed by atoms with van der Waals surface area (Å²) >= 11 is 3.15. The molecule has 3 rings (SSSR count). The molecule has 2 N–H and O–H groups in total. The van der Waals surface area contributed by atoms with Crippen molar-refractivity contribution < 1.29 is 0 Å². The van der Waals surface area contributed by atoms with Crippen molar-refractivity contribution in [1.29, 1.82) is 0 Å². The second-order valence-electron chi connectivity index (χ2n) is 4.39. The van der Waals surface area contributed by atoms with Gasteiger partial charge in [0.25, 0.3) is 0 Å². The number of hydrogen-bond donors (Lipinski definition) is 1. The maximum Gasteiger partial charge on any atom is 0.156 e. The van der Waals surface area contributed by atoms with Gasteiger partial charge in [-0.15, -0.1) is 0 Å². The van der Waals surface area contributed by atoms with Crippen molar-refractivity contribution in [3.8, 4) is 0 Å². The molecule has 0 aliphatic carbocycles. The molecule has 0 aliphatic heterocycles. The molecular weight excluding hydrogens is 274 g/mol. The highest BCUT2D eigenvalue weighted by atomic mass is 32.2. The fourth-order valence-electron chi connectivity index (χ4n) is 1.88. The molecule has 1 aromatic carbocycles. The van der Waals surface area contributed by atoms with Crippen LogP contribution < -0.4 is 5.73 Å². The van der Waals surface area contributed by atoms with Crippen molar-refractivity contribution >= 4 is 39.0 Å². The van der Waals surface area contributed by atoms with Crippen LogP contribution in [0.4, 0.5) is 5.00 Å². The zero-order valence-corrected chi connectivity index (χ0v) is 12.3. The number of rotatable bonds is 2. The van der Waals surface area contributed by atoms with Crippen molar-refractivity contribution in [2.24, 2.45) is 0 Å². The largest absolute Gasteiger partial charge is 0.389 e. The summed E-state index contributed by atoms with van der Waals surface area (Å²) in [6.45, 7) is 4.23. The number of aryl methyl sites for hydroxylation is 2. The Labute approximate surface area is 119 Å². The summed E-state index contributed by atoms with van der Waals surface area (Å²) in [5, 5.41) is 1.91. The van der Waals surface area contributed by atoms with E-state index in [4.69, 9.17) is 5.73 Å². The Hall–Kier alpha value is -1.59. The second kappa shape index (κ2) is 4.83. The molecule has 3 aromatic rings. The number of nitrogens with zero attached hydrogens (tertiary/aromatic N) is 2. The lowest BCUT2D eigenvalue weighted by atomic mass is 10.1. The number of benzene rings is 1. The summed E-state index contributed by atoms with van der Waals surface area (Å²) in [5.41, 5.74) is 9.29. The predicted octanol–water partition coefficient (Wildman–Crippen LogP) is 4.04. The van der Waals surface area contributed by atoms with Crippen LogP contribution in [0.1, 0.15) is 11.1 Å². The number of anilines is 1. The van der Waals surface area contributed by atoms with Crippen LogP contribution in [-0.4, -0.2) is 9.97 Å². The highest BCUT2D eigenvalue weighted by Gasteiger charge is 2.08. The van der Waals surface area contributed by atoms with Crippen LogP contribution in [0, 0.1) is 13.8 Å². The zero-order chi connectivity index (χ0) is 13.4. The summed E-state index contributed by atoms with van der Waals surface area (Å²) in [7, 11) is 0. The van der Waals surface area contributed by atoms with E-state index >= 15 is 0 Å². The Balaban J connectivity index is 2.10. The topological polar surface area (TPSA) is 51.8 Å². The fraction of sp³-hybridized carbons (Fsp3) is 0.143. The van der Waals surface area contributed by atoms with E-state index in [1.807, 2.05) is 12.3 Å². The number of nitrogen functional groups attached to an aromatic ring is 1. The van der Waals surface area contributed by atoms with Crippen LogP contribution in [0.5, 0.6) is 0 Å². The Morgan fingerprint density at radius 2 is 1.95 bits per heavy atom. The standard InChI is InChI=1S/C14H13N3S2/c1-8-5-10-11(6-9(8)2)16-4-3-12(10)18-14-17-7-13(15)19-14/h3-7H,15H2,1-2H3. The molecule has 0 spiro atoms. The Bertz CT molecular complexity index is 750. The quantitative estimate of drug-likeness (QED) is 0.772. The highest BCUT2D eigenvalue weighted by molar-refractivity contribution is 8.01. The first-order chi connectivity index (χ1) is 9.13. The van der Waals surface area contributed by atoms with Crippen molar-refractivity contribution in [2.75, 3.05) is 5.73 Å². The van der Waals surface area contributed by atoms with Crippen molar-refractivity contribution in [3.63, 3.8) is 0 Å². The second-order valence-corrected chi connectivity index (χ2v) is 6.74. The van der Waals surface area contributed by atoms with Gasteiger partial charge in [-0.2, -0.15) is 0 Å². The molecule has 96 valence electrons. The SMILES string of the molecule is Cc1cc2nccc(Sc3ncc(N)s3)c2cc1C. The summed E-state index contributed by atoms with van der Waals surface area (Å²) < 4.78 is 0.961. The molecule has 0 atom stereocenters. The number of nitrogens with two attached hydrogens (primary N) is 1. The predicted molar refractivity (Wildman–Crippen MR) is 81.9 cm³/mol. The maximum absolute atomic E-state index is 5.72. The van der Waals surface area contributed by atoms with Crippen LogP contribution in [0.3, 0.4) is 0 Å². The first-order valence-corrected chi connectivity index (χ1v) is 7.52. The average Bonchev–Trinajstić information content (AvgIpc) is 2.77. The number of pyridine rings is 1. The highest BCUT2D eigenvalue weighted by Crippen LogP contribution is 2.36. The molecule has 0 amide bonds. The van der Waals surface area contributed by atoms with Crippen molar-refractivity contribution in [1.82, 2.24) is 9.97 Å². The molecular formula is C14H13N3S2. The molecule has 0 bridgehead atoms. The smallest absolute Gasteiger partial charge is 0.156 e. The summed E-state index contributed by atoms with van der Waals surface area (Å²) in [4.78, 5) is 9.90. The third kappa shape index (κ3) is 2.43. The third-order valence-corrected chi connectivity index (χ3v) is 4.99. The maximum atomic E-state index is 5.72. The van der Waals surface area contributed by atoms with Crippen LogP contribution in [0.15, 0.2) is 39.8 Å². The minimum absolute atomic E-state index is 0.743. The Kier molecular flexibility index (Phi) is 3.16. The van der Waals surface area contributed by atoms with Crippen LogP contribution in [-0.2, 0) is 0 Å². The lowest BCUT2D eigenvalue weighted by molar-refractivity contribution is 1.24.